The fraction of sp³-hybridized carbons (Fsp3) is 0.375. The van der Waals surface area contributed by atoms with E-state index in [0.29, 0.717) is 5.75 Å². The van der Waals surface area contributed by atoms with E-state index in [-0.39, 0.29) is 11.9 Å². The molecule has 0 saturated heterocycles. The molecule has 112 valence electrons. The minimum absolute atomic E-state index is 0.0189. The number of carbonyl (C=O) groups excluding carboxylic acids is 1. The molecule has 1 atom stereocenters. The summed E-state index contributed by atoms with van der Waals surface area (Å²) in [7, 11) is 1.92. The fourth-order valence-corrected chi connectivity index (χ4v) is 2.77. The lowest BCUT2D eigenvalue weighted by molar-refractivity contribution is -0.119. The zero-order valence-electron chi connectivity index (χ0n) is 12.7. The molecular weight excluding hydrogens is 282 g/mol. The maximum absolute atomic E-state index is 12.0. The van der Waals surface area contributed by atoms with Crippen molar-refractivity contribution >= 4 is 17.7 Å². The molecule has 1 unspecified atom stereocenters. The van der Waals surface area contributed by atoms with Gasteiger partial charge >= 0.3 is 0 Å². The maximum atomic E-state index is 12.0. The number of benzene rings is 1. The molecule has 0 bridgehead atoms. The number of carbonyl (C=O) groups is 1. The lowest BCUT2D eigenvalue weighted by Gasteiger charge is -2.14. The van der Waals surface area contributed by atoms with Crippen LogP contribution in [0, 0.1) is 0 Å². The Bertz CT molecular complexity index is 592. The average Bonchev–Trinajstić information content (AvgIpc) is 2.90. The molecule has 0 spiro atoms. The van der Waals surface area contributed by atoms with Gasteiger partial charge in [-0.1, -0.05) is 43.0 Å². The number of rotatable bonds is 6. The minimum atomic E-state index is 0.0189. The molecule has 21 heavy (non-hydrogen) atoms. The first kappa shape index (κ1) is 15.6. The second-order valence-electron chi connectivity index (χ2n) is 4.99. The van der Waals surface area contributed by atoms with E-state index < -0.39 is 0 Å². The van der Waals surface area contributed by atoms with Crippen LogP contribution in [0.15, 0.2) is 41.8 Å². The van der Waals surface area contributed by atoms with E-state index in [1.165, 1.54) is 17.3 Å². The van der Waals surface area contributed by atoms with Gasteiger partial charge in [0, 0.05) is 19.4 Å². The highest BCUT2D eigenvalue weighted by Crippen LogP contribution is 2.16. The lowest BCUT2D eigenvalue weighted by Crippen LogP contribution is -2.28. The van der Waals surface area contributed by atoms with E-state index in [1.54, 1.807) is 6.20 Å². The molecule has 0 fully saturated rings. The van der Waals surface area contributed by atoms with Crippen molar-refractivity contribution in [1.29, 1.82) is 0 Å². The summed E-state index contributed by atoms with van der Waals surface area (Å²) in [6.45, 7) is 4.14. The molecule has 0 saturated carbocycles. The van der Waals surface area contributed by atoms with Gasteiger partial charge in [-0.05, 0) is 24.5 Å². The lowest BCUT2D eigenvalue weighted by atomic mass is 10.1. The predicted molar refractivity (Wildman–Crippen MR) is 86.3 cm³/mol. The Morgan fingerprint density at radius 3 is 2.67 bits per heavy atom. The van der Waals surface area contributed by atoms with Crippen molar-refractivity contribution in [3.8, 4) is 0 Å². The van der Waals surface area contributed by atoms with Gasteiger partial charge in [-0.15, -0.1) is 0 Å². The summed E-state index contributed by atoms with van der Waals surface area (Å²) in [5.74, 6) is 0.400. The molecule has 1 aromatic carbocycles. The highest BCUT2D eigenvalue weighted by atomic mass is 32.2. The van der Waals surface area contributed by atoms with Gasteiger partial charge in [-0.2, -0.15) is 0 Å². The zero-order chi connectivity index (χ0) is 15.2. The summed E-state index contributed by atoms with van der Waals surface area (Å²) < 4.78 is 1.91. The van der Waals surface area contributed by atoms with Crippen LogP contribution in [-0.4, -0.2) is 21.2 Å². The van der Waals surface area contributed by atoms with Crippen molar-refractivity contribution < 1.29 is 4.79 Å². The summed E-state index contributed by atoms with van der Waals surface area (Å²) >= 11 is 1.44. The molecule has 0 aliphatic heterocycles. The first-order valence-corrected chi connectivity index (χ1v) is 8.07. The van der Waals surface area contributed by atoms with Crippen LogP contribution in [0.25, 0.3) is 0 Å². The Morgan fingerprint density at radius 1 is 1.38 bits per heavy atom. The van der Waals surface area contributed by atoms with Gasteiger partial charge in [-0.25, -0.2) is 4.98 Å². The first-order chi connectivity index (χ1) is 10.1. The van der Waals surface area contributed by atoms with E-state index in [4.69, 9.17) is 0 Å². The molecule has 0 radical (unpaired) electrons. The van der Waals surface area contributed by atoms with Crippen LogP contribution in [0.2, 0.25) is 0 Å². The molecule has 2 rings (SSSR count). The van der Waals surface area contributed by atoms with Crippen molar-refractivity contribution in [2.45, 2.75) is 31.5 Å². The van der Waals surface area contributed by atoms with E-state index in [9.17, 15) is 4.79 Å². The number of hydrogen-bond donors (Lipinski definition) is 1. The van der Waals surface area contributed by atoms with Crippen molar-refractivity contribution in [3.05, 3.63) is 47.8 Å². The monoisotopic (exact) mass is 303 g/mol. The normalized spacial score (nSPS) is 12.1. The molecule has 0 aliphatic carbocycles. The van der Waals surface area contributed by atoms with E-state index >= 15 is 0 Å². The van der Waals surface area contributed by atoms with Crippen molar-refractivity contribution in [2.75, 3.05) is 5.75 Å². The number of hydrogen-bond acceptors (Lipinski definition) is 3. The molecule has 4 nitrogen and oxygen atoms in total. The molecule has 5 heteroatoms. The third kappa shape index (κ3) is 4.36. The Kier molecular flexibility index (Phi) is 5.44. The fourth-order valence-electron chi connectivity index (χ4n) is 2.03. The second kappa shape index (κ2) is 7.31. The maximum Gasteiger partial charge on any atom is 0.230 e. The molecule has 1 heterocycles. The Balaban J connectivity index is 1.85. The topological polar surface area (TPSA) is 46.9 Å². The molecule has 1 aromatic heterocycles. The summed E-state index contributed by atoms with van der Waals surface area (Å²) in [5.41, 5.74) is 2.44. The zero-order valence-corrected chi connectivity index (χ0v) is 13.5. The van der Waals surface area contributed by atoms with Gasteiger partial charge in [0.25, 0.3) is 0 Å². The Morgan fingerprint density at radius 2 is 2.10 bits per heavy atom. The van der Waals surface area contributed by atoms with Gasteiger partial charge in [0.2, 0.25) is 5.91 Å². The number of amides is 1. The minimum Gasteiger partial charge on any atom is -0.349 e. The van der Waals surface area contributed by atoms with E-state index in [2.05, 4.69) is 41.5 Å². The summed E-state index contributed by atoms with van der Waals surface area (Å²) in [6.07, 6.45) is 4.64. The molecular formula is C16H21N3OS. The van der Waals surface area contributed by atoms with Gasteiger partial charge in [0.05, 0.1) is 11.8 Å². The highest BCUT2D eigenvalue weighted by molar-refractivity contribution is 7.99. The van der Waals surface area contributed by atoms with Gasteiger partial charge < -0.3 is 9.88 Å². The summed E-state index contributed by atoms with van der Waals surface area (Å²) in [4.78, 5) is 16.2. The number of aryl methyl sites for hydroxylation is 2. The van der Waals surface area contributed by atoms with Gasteiger partial charge in [0.1, 0.15) is 0 Å². The van der Waals surface area contributed by atoms with Crippen molar-refractivity contribution in [3.63, 3.8) is 0 Å². The van der Waals surface area contributed by atoms with Crippen molar-refractivity contribution in [1.82, 2.24) is 14.9 Å². The van der Waals surface area contributed by atoms with Crippen molar-refractivity contribution in [2.24, 2.45) is 7.05 Å². The van der Waals surface area contributed by atoms with E-state index in [1.807, 2.05) is 24.7 Å². The van der Waals surface area contributed by atoms with Gasteiger partial charge in [-0.3, -0.25) is 4.79 Å². The third-order valence-corrected chi connectivity index (χ3v) is 4.43. The number of nitrogens with one attached hydrogen (secondary N) is 1. The number of aromatic nitrogens is 2. The molecule has 1 N–H and O–H groups in total. The number of nitrogens with zero attached hydrogens (tertiary/aromatic N) is 2. The van der Waals surface area contributed by atoms with Crippen LogP contribution in [0.3, 0.4) is 0 Å². The second-order valence-corrected chi connectivity index (χ2v) is 5.94. The SMILES string of the molecule is CCc1ccc(C(C)NC(=O)CSc2nccn2C)cc1. The smallest absolute Gasteiger partial charge is 0.230 e. The van der Waals surface area contributed by atoms with Crippen LogP contribution >= 0.6 is 11.8 Å². The highest BCUT2D eigenvalue weighted by Gasteiger charge is 2.11. The van der Waals surface area contributed by atoms with Crippen LogP contribution in [0.5, 0.6) is 0 Å². The quantitative estimate of drug-likeness (QED) is 0.835. The largest absolute Gasteiger partial charge is 0.349 e. The summed E-state index contributed by atoms with van der Waals surface area (Å²) in [6, 6.07) is 8.40. The Hall–Kier alpha value is -1.75. The first-order valence-electron chi connectivity index (χ1n) is 7.08. The van der Waals surface area contributed by atoms with Gasteiger partial charge in [0.15, 0.2) is 5.16 Å². The van der Waals surface area contributed by atoms with Crippen LogP contribution in [-0.2, 0) is 18.3 Å². The van der Waals surface area contributed by atoms with Crippen LogP contribution < -0.4 is 5.32 Å². The van der Waals surface area contributed by atoms with Crippen LogP contribution in [0.1, 0.15) is 31.0 Å². The predicted octanol–water partition coefficient (Wildman–Crippen LogP) is 2.95. The van der Waals surface area contributed by atoms with E-state index in [0.717, 1.165) is 17.1 Å². The Labute approximate surface area is 130 Å². The number of thioether (sulfide) groups is 1. The molecule has 0 aliphatic rings. The standard InChI is InChI=1S/C16H21N3OS/c1-4-13-5-7-14(8-6-13)12(2)18-15(20)11-21-16-17-9-10-19(16)3/h5-10,12H,4,11H2,1-3H3,(H,18,20). The average molecular weight is 303 g/mol. The molecule has 2 aromatic rings. The summed E-state index contributed by atoms with van der Waals surface area (Å²) in [5, 5.41) is 3.87. The molecule has 1 amide bonds. The van der Waals surface area contributed by atoms with Crippen LogP contribution in [0.4, 0.5) is 0 Å². The third-order valence-electron chi connectivity index (χ3n) is 3.37. The number of imidazole rings is 1.